The summed E-state index contributed by atoms with van der Waals surface area (Å²) in [5, 5.41) is 4.26. The van der Waals surface area contributed by atoms with Crippen LogP contribution in [0.15, 0.2) is 6.07 Å². The van der Waals surface area contributed by atoms with Crippen LogP contribution in [0.4, 0.5) is 0 Å². The van der Waals surface area contributed by atoms with Gasteiger partial charge in [0.1, 0.15) is 5.69 Å². The Morgan fingerprint density at radius 2 is 1.71 bits per heavy atom. The van der Waals surface area contributed by atoms with Crippen molar-refractivity contribution < 1.29 is 18.8 Å². The lowest BCUT2D eigenvalue weighted by Gasteiger charge is -2.32. The molecule has 1 aromatic rings. The van der Waals surface area contributed by atoms with E-state index in [1.807, 2.05) is 41.5 Å². The molecule has 0 amide bonds. The highest BCUT2D eigenvalue weighted by atomic mass is 16.7. The molecule has 0 radical (unpaired) electrons. The van der Waals surface area contributed by atoms with E-state index in [1.54, 1.807) is 13.1 Å². The molecule has 21 heavy (non-hydrogen) atoms. The van der Waals surface area contributed by atoms with E-state index in [2.05, 4.69) is 5.10 Å². The van der Waals surface area contributed by atoms with Gasteiger partial charge in [0.05, 0.1) is 23.9 Å². The summed E-state index contributed by atoms with van der Waals surface area (Å²) >= 11 is 0. The fourth-order valence-corrected chi connectivity index (χ4v) is 1.86. The molecule has 2 rings (SSSR count). The third-order valence-electron chi connectivity index (χ3n) is 3.79. The van der Waals surface area contributed by atoms with Crippen LogP contribution in [0, 0.1) is 0 Å². The van der Waals surface area contributed by atoms with Crippen molar-refractivity contribution in [3.05, 3.63) is 11.8 Å². The summed E-state index contributed by atoms with van der Waals surface area (Å²) in [6.07, 6.45) is 0. The van der Waals surface area contributed by atoms with Gasteiger partial charge in [0, 0.05) is 7.05 Å². The minimum atomic E-state index is -0.574. The van der Waals surface area contributed by atoms with Gasteiger partial charge in [-0.3, -0.25) is 4.68 Å². The van der Waals surface area contributed by atoms with E-state index in [-0.39, 0.29) is 0 Å². The van der Waals surface area contributed by atoms with Crippen molar-refractivity contribution in [3.8, 4) is 0 Å². The number of methoxy groups -OCH3 is 1. The summed E-state index contributed by atoms with van der Waals surface area (Å²) in [4.78, 5) is 11.6. The van der Waals surface area contributed by atoms with Gasteiger partial charge in [0.25, 0.3) is 0 Å². The van der Waals surface area contributed by atoms with Gasteiger partial charge in [-0.2, -0.15) is 5.10 Å². The molecule has 0 saturated carbocycles. The Hall–Kier alpha value is -1.34. The molecule has 118 valence electrons. The molecule has 0 aromatic carbocycles. The molecular formula is C14H25BN2O4. The van der Waals surface area contributed by atoms with Gasteiger partial charge in [-0.05, 0) is 33.8 Å². The van der Waals surface area contributed by atoms with Crippen LogP contribution < -0.4 is 5.59 Å². The number of carbonyl (C=O) groups is 1. The molecule has 0 aliphatic carbocycles. The molecule has 0 bridgehead atoms. The predicted molar refractivity (Wildman–Crippen MR) is 81.6 cm³/mol. The highest BCUT2D eigenvalue weighted by molar-refractivity contribution is 6.61. The number of hydrogen-bond donors (Lipinski definition) is 0. The Labute approximate surface area is 126 Å². The highest BCUT2D eigenvalue weighted by Gasteiger charge is 2.52. The van der Waals surface area contributed by atoms with Gasteiger partial charge in [0.2, 0.25) is 0 Å². The fourth-order valence-electron chi connectivity index (χ4n) is 1.86. The molecule has 7 heteroatoms. The molecule has 1 aliphatic heterocycles. The van der Waals surface area contributed by atoms with Crippen molar-refractivity contribution in [3.63, 3.8) is 0 Å². The zero-order chi connectivity index (χ0) is 16.4. The van der Waals surface area contributed by atoms with Gasteiger partial charge in [-0.15, -0.1) is 0 Å². The molecule has 0 spiro atoms. The molecule has 0 unspecified atom stereocenters. The Balaban J connectivity index is 0.00000106. The minimum absolute atomic E-state index is 0.368. The van der Waals surface area contributed by atoms with Crippen LogP contribution >= 0.6 is 0 Å². The third-order valence-corrected chi connectivity index (χ3v) is 3.79. The topological polar surface area (TPSA) is 62.6 Å². The number of rotatable bonds is 2. The van der Waals surface area contributed by atoms with Crippen molar-refractivity contribution in [2.75, 3.05) is 7.11 Å². The summed E-state index contributed by atoms with van der Waals surface area (Å²) in [6, 6.07) is 1.63. The Morgan fingerprint density at radius 1 is 1.24 bits per heavy atom. The smallest absolute Gasteiger partial charge is 0.464 e. The van der Waals surface area contributed by atoms with Gasteiger partial charge >= 0.3 is 13.1 Å². The monoisotopic (exact) mass is 296 g/mol. The van der Waals surface area contributed by atoms with Gasteiger partial charge in [-0.25, -0.2) is 4.79 Å². The second-order valence-electron chi connectivity index (χ2n) is 5.66. The van der Waals surface area contributed by atoms with E-state index in [4.69, 9.17) is 14.0 Å². The lowest BCUT2D eigenvalue weighted by atomic mass is 9.85. The van der Waals surface area contributed by atoms with Crippen LogP contribution in [0.3, 0.4) is 0 Å². The number of aryl methyl sites for hydroxylation is 1. The highest BCUT2D eigenvalue weighted by Crippen LogP contribution is 2.36. The van der Waals surface area contributed by atoms with Crippen molar-refractivity contribution in [1.82, 2.24) is 9.78 Å². The maximum absolute atomic E-state index is 11.6. The third kappa shape index (κ3) is 3.29. The second-order valence-corrected chi connectivity index (χ2v) is 5.66. The SMILES string of the molecule is CC.COC(=O)c1cc(B2OC(C)(C)C(C)(C)O2)nn1C. The summed E-state index contributed by atoms with van der Waals surface area (Å²) < 4.78 is 17.9. The fraction of sp³-hybridized carbons (Fsp3) is 0.714. The number of ether oxygens (including phenoxy) is 1. The van der Waals surface area contributed by atoms with E-state index < -0.39 is 24.3 Å². The number of nitrogens with zero attached hydrogens (tertiary/aromatic N) is 2. The normalized spacial score (nSPS) is 19.0. The zero-order valence-corrected chi connectivity index (χ0v) is 14.2. The first-order valence-corrected chi connectivity index (χ1v) is 7.16. The molecule has 1 aromatic heterocycles. The van der Waals surface area contributed by atoms with Crippen LogP contribution in [0.1, 0.15) is 52.0 Å². The molecule has 1 saturated heterocycles. The van der Waals surface area contributed by atoms with E-state index >= 15 is 0 Å². The first kappa shape index (κ1) is 17.7. The molecule has 6 nitrogen and oxygen atoms in total. The minimum Gasteiger partial charge on any atom is -0.464 e. The standard InChI is InChI=1S/C12H19BN2O4.C2H6/c1-11(2)12(3,4)19-13(18-11)9-7-8(10(16)17-6)15(5)14-9;1-2/h7H,1-6H3;1-2H3. The van der Waals surface area contributed by atoms with Gasteiger partial charge < -0.3 is 14.0 Å². The van der Waals surface area contributed by atoms with E-state index in [0.29, 0.717) is 11.3 Å². The summed E-state index contributed by atoms with van der Waals surface area (Å²) in [5.74, 6) is -0.433. The lowest BCUT2D eigenvalue weighted by molar-refractivity contribution is 0.00578. The molecule has 0 N–H and O–H groups in total. The van der Waals surface area contributed by atoms with Crippen molar-refractivity contribution in [2.24, 2.45) is 7.05 Å². The Bertz CT molecular complexity index is 495. The van der Waals surface area contributed by atoms with Crippen LogP contribution in [0.25, 0.3) is 0 Å². The summed E-state index contributed by atoms with van der Waals surface area (Å²) in [7, 11) is 2.44. The molecule has 1 aliphatic rings. The van der Waals surface area contributed by atoms with Crippen LogP contribution in [-0.2, 0) is 21.1 Å². The second kappa shape index (κ2) is 6.19. The number of aromatic nitrogens is 2. The lowest BCUT2D eigenvalue weighted by Crippen LogP contribution is -2.41. The number of carbonyl (C=O) groups excluding carboxylic acids is 1. The molecule has 2 heterocycles. The van der Waals surface area contributed by atoms with Gasteiger partial charge in [-0.1, -0.05) is 13.8 Å². The predicted octanol–water partition coefficient (Wildman–Crippen LogP) is 1.53. The van der Waals surface area contributed by atoms with Crippen molar-refractivity contribution in [1.29, 1.82) is 0 Å². The average Bonchev–Trinajstić information content (AvgIpc) is 2.89. The first-order chi connectivity index (χ1) is 9.68. The maximum Gasteiger partial charge on any atom is 0.516 e. The maximum atomic E-state index is 11.6. The number of esters is 1. The quantitative estimate of drug-likeness (QED) is 0.612. The van der Waals surface area contributed by atoms with Gasteiger partial charge in [0.15, 0.2) is 0 Å². The molecular weight excluding hydrogens is 271 g/mol. The van der Waals surface area contributed by atoms with E-state index in [1.165, 1.54) is 11.8 Å². The summed E-state index contributed by atoms with van der Waals surface area (Å²) in [6.45, 7) is 11.9. The summed E-state index contributed by atoms with van der Waals surface area (Å²) in [5.41, 5.74) is 0.0788. The average molecular weight is 296 g/mol. The zero-order valence-electron chi connectivity index (χ0n) is 14.2. The molecule has 1 fully saturated rings. The van der Waals surface area contributed by atoms with Crippen molar-refractivity contribution in [2.45, 2.75) is 52.7 Å². The molecule has 0 atom stereocenters. The first-order valence-electron chi connectivity index (χ1n) is 7.16. The van der Waals surface area contributed by atoms with E-state index in [9.17, 15) is 4.79 Å². The van der Waals surface area contributed by atoms with Crippen LogP contribution in [0.2, 0.25) is 0 Å². The largest absolute Gasteiger partial charge is 0.516 e. The van der Waals surface area contributed by atoms with E-state index in [0.717, 1.165) is 0 Å². The Morgan fingerprint density at radius 3 is 2.14 bits per heavy atom. The van der Waals surface area contributed by atoms with Crippen molar-refractivity contribution >= 4 is 18.7 Å². The Kier molecular flexibility index (Phi) is 5.23. The number of hydrogen-bond acceptors (Lipinski definition) is 5. The van der Waals surface area contributed by atoms with Crippen LogP contribution in [-0.4, -0.2) is 41.2 Å². The van der Waals surface area contributed by atoms with Crippen LogP contribution in [0.5, 0.6) is 0 Å².